The highest BCUT2D eigenvalue weighted by atomic mass is 16.5. The molecule has 0 radical (unpaired) electrons. The maximum absolute atomic E-state index is 11.9. The molecule has 1 aliphatic rings. The van der Waals surface area contributed by atoms with Gasteiger partial charge < -0.3 is 9.84 Å². The van der Waals surface area contributed by atoms with Crippen molar-refractivity contribution in [3.63, 3.8) is 0 Å². The Balaban J connectivity index is 1.49. The van der Waals surface area contributed by atoms with E-state index < -0.39 is 0 Å². The van der Waals surface area contributed by atoms with E-state index in [4.69, 9.17) is 4.52 Å². The van der Waals surface area contributed by atoms with Crippen LogP contribution >= 0.6 is 0 Å². The molecular weight excluding hydrogens is 272 g/mol. The Kier molecular flexibility index (Phi) is 3.94. The van der Waals surface area contributed by atoms with Crippen LogP contribution < -0.4 is 5.32 Å². The van der Waals surface area contributed by atoms with Gasteiger partial charge in [-0.05, 0) is 19.8 Å². The molecule has 2 aromatic rings. The topological polar surface area (TPSA) is 98.7 Å². The molecule has 1 saturated carbocycles. The van der Waals surface area contributed by atoms with Crippen LogP contribution in [0, 0.1) is 12.8 Å². The van der Waals surface area contributed by atoms with E-state index in [1.807, 2.05) is 0 Å². The molecule has 1 aliphatic carbocycles. The van der Waals surface area contributed by atoms with Gasteiger partial charge in [0.1, 0.15) is 0 Å². The van der Waals surface area contributed by atoms with Crippen LogP contribution in [0.2, 0.25) is 0 Å². The molecule has 1 fully saturated rings. The van der Waals surface area contributed by atoms with Gasteiger partial charge in [-0.1, -0.05) is 23.2 Å². The molecule has 1 amide bonds. The number of nitrogens with one attached hydrogen (secondary N) is 1. The molecule has 0 saturated heterocycles. The number of hydrogen-bond donors (Lipinski definition) is 1. The van der Waals surface area contributed by atoms with Gasteiger partial charge in [0.05, 0.1) is 12.7 Å². The first-order valence-electron chi connectivity index (χ1n) is 7.21. The average Bonchev–Trinajstić information content (AvgIpc) is 3.19. The van der Waals surface area contributed by atoms with E-state index in [1.165, 1.54) is 0 Å². The van der Waals surface area contributed by atoms with E-state index in [9.17, 15) is 4.79 Å². The average molecular weight is 290 g/mol. The monoisotopic (exact) mass is 290 g/mol. The normalized spacial score (nSPS) is 15.5. The summed E-state index contributed by atoms with van der Waals surface area (Å²) in [5.41, 5.74) is 0.540. The summed E-state index contributed by atoms with van der Waals surface area (Å²) in [5, 5.41) is 14.6. The van der Waals surface area contributed by atoms with E-state index in [0.717, 1.165) is 25.7 Å². The zero-order valence-electron chi connectivity index (χ0n) is 11.9. The molecule has 8 heteroatoms. The second-order valence-corrected chi connectivity index (χ2v) is 5.29. The molecule has 0 atom stereocenters. The van der Waals surface area contributed by atoms with Crippen molar-refractivity contribution in [2.45, 2.75) is 39.2 Å². The third-order valence-electron chi connectivity index (χ3n) is 3.65. The van der Waals surface area contributed by atoms with Gasteiger partial charge in [-0.3, -0.25) is 4.79 Å². The smallest absolute Gasteiger partial charge is 0.280 e. The van der Waals surface area contributed by atoms with Gasteiger partial charge in [0.25, 0.3) is 5.89 Å². The van der Waals surface area contributed by atoms with Crippen molar-refractivity contribution in [1.29, 1.82) is 0 Å². The van der Waals surface area contributed by atoms with E-state index >= 15 is 0 Å². The predicted molar refractivity (Wildman–Crippen MR) is 73.0 cm³/mol. The highest BCUT2D eigenvalue weighted by Gasteiger charge is 2.22. The van der Waals surface area contributed by atoms with Crippen molar-refractivity contribution in [2.75, 3.05) is 6.54 Å². The highest BCUT2D eigenvalue weighted by Crippen LogP contribution is 2.24. The second kappa shape index (κ2) is 6.02. The molecule has 3 rings (SSSR count). The summed E-state index contributed by atoms with van der Waals surface area (Å²) in [4.78, 5) is 16.0. The summed E-state index contributed by atoms with van der Waals surface area (Å²) in [5.74, 6) is 1.26. The highest BCUT2D eigenvalue weighted by molar-refractivity contribution is 5.78. The number of rotatable bonds is 5. The molecule has 0 aliphatic heterocycles. The number of carbonyl (C=O) groups excluding carboxylic acids is 1. The Morgan fingerprint density at radius 3 is 3.00 bits per heavy atom. The van der Waals surface area contributed by atoms with Gasteiger partial charge in [-0.2, -0.15) is 4.98 Å². The molecule has 21 heavy (non-hydrogen) atoms. The fourth-order valence-electron chi connectivity index (χ4n) is 2.53. The van der Waals surface area contributed by atoms with Gasteiger partial charge in [0, 0.05) is 12.5 Å². The fourth-order valence-corrected chi connectivity index (χ4v) is 2.53. The minimum Gasteiger partial charge on any atom is -0.354 e. The Hall–Kier alpha value is -2.25. The van der Waals surface area contributed by atoms with Gasteiger partial charge in [0.2, 0.25) is 5.91 Å². The molecule has 0 bridgehead atoms. The molecular formula is C13H18N6O2. The fraction of sp³-hybridized carbons (Fsp3) is 0.615. The number of amides is 1. The van der Waals surface area contributed by atoms with Crippen LogP contribution in [-0.2, 0) is 11.3 Å². The quantitative estimate of drug-likeness (QED) is 0.880. The first-order chi connectivity index (χ1) is 10.2. The van der Waals surface area contributed by atoms with Crippen LogP contribution in [0.4, 0.5) is 0 Å². The van der Waals surface area contributed by atoms with Crippen LogP contribution in [0.1, 0.15) is 31.5 Å². The summed E-state index contributed by atoms with van der Waals surface area (Å²) < 4.78 is 6.68. The SMILES string of the molecule is Cc1noc(-c2cn(CCNC(=O)C3CCCC3)nn2)n1. The van der Waals surface area contributed by atoms with Crippen molar-refractivity contribution in [2.24, 2.45) is 5.92 Å². The zero-order valence-corrected chi connectivity index (χ0v) is 11.9. The minimum absolute atomic E-state index is 0.153. The molecule has 112 valence electrons. The first-order valence-corrected chi connectivity index (χ1v) is 7.21. The Labute approximate surface area is 121 Å². The Bertz CT molecular complexity index is 614. The van der Waals surface area contributed by atoms with Crippen molar-refractivity contribution in [3.05, 3.63) is 12.0 Å². The summed E-state index contributed by atoms with van der Waals surface area (Å²) >= 11 is 0. The van der Waals surface area contributed by atoms with Crippen LogP contribution in [0.3, 0.4) is 0 Å². The number of aryl methyl sites for hydroxylation is 1. The third-order valence-corrected chi connectivity index (χ3v) is 3.65. The second-order valence-electron chi connectivity index (χ2n) is 5.29. The summed E-state index contributed by atoms with van der Waals surface area (Å²) in [6, 6.07) is 0. The zero-order chi connectivity index (χ0) is 14.7. The van der Waals surface area contributed by atoms with Crippen molar-refractivity contribution in [1.82, 2.24) is 30.5 Å². The van der Waals surface area contributed by atoms with Gasteiger partial charge in [-0.15, -0.1) is 5.10 Å². The predicted octanol–water partition coefficient (Wildman–Crippen LogP) is 0.943. The van der Waals surface area contributed by atoms with E-state index in [-0.39, 0.29) is 11.8 Å². The maximum Gasteiger partial charge on any atom is 0.280 e. The van der Waals surface area contributed by atoms with E-state index in [2.05, 4.69) is 25.8 Å². The van der Waals surface area contributed by atoms with Crippen LogP contribution in [0.15, 0.2) is 10.7 Å². The number of aromatic nitrogens is 5. The van der Waals surface area contributed by atoms with Crippen LogP contribution in [-0.4, -0.2) is 37.6 Å². The minimum atomic E-state index is 0.153. The molecule has 2 heterocycles. The molecule has 0 spiro atoms. The lowest BCUT2D eigenvalue weighted by Gasteiger charge is -2.09. The Morgan fingerprint density at radius 1 is 1.48 bits per heavy atom. The summed E-state index contributed by atoms with van der Waals surface area (Å²) in [7, 11) is 0. The lowest BCUT2D eigenvalue weighted by atomic mass is 10.1. The number of carbonyl (C=O) groups is 1. The molecule has 1 N–H and O–H groups in total. The lowest BCUT2D eigenvalue weighted by molar-refractivity contribution is -0.124. The Morgan fingerprint density at radius 2 is 2.29 bits per heavy atom. The van der Waals surface area contributed by atoms with Crippen LogP contribution in [0.25, 0.3) is 11.6 Å². The lowest BCUT2D eigenvalue weighted by Crippen LogP contribution is -2.32. The summed E-state index contributed by atoms with van der Waals surface area (Å²) in [6.07, 6.45) is 6.07. The third kappa shape index (κ3) is 3.26. The van der Waals surface area contributed by atoms with Gasteiger partial charge >= 0.3 is 0 Å². The molecule has 8 nitrogen and oxygen atoms in total. The van der Waals surface area contributed by atoms with Crippen molar-refractivity contribution in [3.8, 4) is 11.6 Å². The first kappa shape index (κ1) is 13.7. The molecule has 0 unspecified atom stereocenters. The largest absolute Gasteiger partial charge is 0.354 e. The standard InChI is InChI=1S/C13H18N6O2/c1-9-15-13(21-17-9)11-8-19(18-16-11)7-6-14-12(20)10-4-2-3-5-10/h8,10H,2-7H2,1H3,(H,14,20). The van der Waals surface area contributed by atoms with Crippen molar-refractivity contribution >= 4 is 5.91 Å². The van der Waals surface area contributed by atoms with E-state index in [0.29, 0.717) is 30.5 Å². The van der Waals surface area contributed by atoms with E-state index in [1.54, 1.807) is 17.8 Å². The number of hydrogen-bond acceptors (Lipinski definition) is 6. The van der Waals surface area contributed by atoms with Crippen molar-refractivity contribution < 1.29 is 9.32 Å². The summed E-state index contributed by atoms with van der Waals surface area (Å²) in [6.45, 7) is 2.86. The molecule has 2 aromatic heterocycles. The maximum atomic E-state index is 11.9. The number of nitrogens with zero attached hydrogens (tertiary/aromatic N) is 5. The van der Waals surface area contributed by atoms with Gasteiger partial charge in [-0.25, -0.2) is 4.68 Å². The van der Waals surface area contributed by atoms with Gasteiger partial charge in [0.15, 0.2) is 11.5 Å². The molecule has 0 aromatic carbocycles. The van der Waals surface area contributed by atoms with Crippen LogP contribution in [0.5, 0.6) is 0 Å².